The summed E-state index contributed by atoms with van der Waals surface area (Å²) in [6.07, 6.45) is 12.2. The summed E-state index contributed by atoms with van der Waals surface area (Å²) in [5.74, 6) is 2.95. The van der Waals surface area contributed by atoms with E-state index in [0.29, 0.717) is 5.41 Å². The maximum Gasteiger partial charge on any atom is 0.0599 e. The molecule has 0 radical (unpaired) electrons. The molecule has 0 amide bonds. The molecule has 3 heteroatoms. The van der Waals surface area contributed by atoms with E-state index in [1.807, 2.05) is 11.3 Å². The van der Waals surface area contributed by atoms with E-state index in [-0.39, 0.29) is 0 Å². The average Bonchev–Trinajstić information content (AvgIpc) is 3.39. The fraction of sp³-hybridized carbons (Fsp3) is 0.467. The highest BCUT2D eigenvalue weighted by atomic mass is 32.1. The van der Waals surface area contributed by atoms with Gasteiger partial charge in [-0.05, 0) is 128 Å². The molecule has 4 aromatic rings. The number of aromatic amines is 1. The molecule has 0 aliphatic heterocycles. The van der Waals surface area contributed by atoms with Gasteiger partial charge in [0.25, 0.3) is 0 Å². The van der Waals surface area contributed by atoms with Crippen LogP contribution in [0.15, 0.2) is 48.5 Å². The van der Waals surface area contributed by atoms with Crippen molar-refractivity contribution in [3.8, 4) is 10.6 Å². The first-order valence-corrected chi connectivity index (χ1v) is 13.9. The maximum absolute atomic E-state index is 5.87. The van der Waals surface area contributed by atoms with Gasteiger partial charge in [-0.25, -0.2) is 0 Å². The third-order valence-corrected chi connectivity index (χ3v) is 10.2. The highest BCUT2D eigenvalue weighted by molar-refractivity contribution is 7.22. The Morgan fingerprint density at radius 3 is 2.39 bits per heavy atom. The number of aromatic nitrogens is 1. The van der Waals surface area contributed by atoms with Gasteiger partial charge in [-0.3, -0.25) is 0 Å². The molecule has 0 spiro atoms. The number of hydrogen-bond acceptors (Lipinski definition) is 2. The zero-order chi connectivity index (χ0) is 22.0. The van der Waals surface area contributed by atoms with Gasteiger partial charge in [0.1, 0.15) is 0 Å². The first-order valence-electron chi connectivity index (χ1n) is 13.0. The number of unbranched alkanes of at least 4 members (excludes halogenated alkanes) is 1. The number of rotatable bonds is 6. The summed E-state index contributed by atoms with van der Waals surface area (Å²) < 4.78 is 1.37. The summed E-state index contributed by atoms with van der Waals surface area (Å²) in [6, 6.07) is 18.6. The molecule has 4 aliphatic carbocycles. The van der Waals surface area contributed by atoms with E-state index in [9.17, 15) is 0 Å². The Bertz CT molecular complexity index is 1260. The Hall–Kier alpha value is -2.10. The molecule has 4 fully saturated rings. The number of aryl methyl sites for hydroxylation is 1. The third-order valence-electron chi connectivity index (χ3n) is 9.11. The van der Waals surface area contributed by atoms with Crippen molar-refractivity contribution in [3.05, 3.63) is 59.7 Å². The minimum absolute atomic E-state index is 0.451. The molecule has 2 aromatic carbocycles. The van der Waals surface area contributed by atoms with Gasteiger partial charge in [0, 0.05) is 15.6 Å². The van der Waals surface area contributed by atoms with Crippen molar-refractivity contribution in [1.29, 1.82) is 0 Å². The number of fused-ring (bicyclic) bond motifs is 2. The van der Waals surface area contributed by atoms with E-state index in [1.54, 1.807) is 5.56 Å². The quantitative estimate of drug-likeness (QED) is 0.287. The van der Waals surface area contributed by atoms with Crippen LogP contribution in [0.5, 0.6) is 0 Å². The summed E-state index contributed by atoms with van der Waals surface area (Å²) in [4.78, 5) is 5.22. The lowest BCUT2D eigenvalue weighted by atomic mass is 9.48. The highest BCUT2D eigenvalue weighted by Crippen LogP contribution is 2.61. The van der Waals surface area contributed by atoms with Crippen molar-refractivity contribution in [1.82, 2.24) is 4.98 Å². The maximum atomic E-state index is 5.87. The number of thiophene rings is 1. The van der Waals surface area contributed by atoms with E-state index in [2.05, 4.69) is 53.5 Å². The number of nitrogens with one attached hydrogen (secondary N) is 1. The number of nitrogens with two attached hydrogens (primary N) is 1. The van der Waals surface area contributed by atoms with Crippen LogP contribution in [0.1, 0.15) is 62.5 Å². The van der Waals surface area contributed by atoms with Crippen LogP contribution in [0.2, 0.25) is 0 Å². The Labute approximate surface area is 200 Å². The van der Waals surface area contributed by atoms with Crippen LogP contribution in [-0.4, -0.2) is 11.5 Å². The topological polar surface area (TPSA) is 41.8 Å². The molecule has 4 aliphatic rings. The lowest BCUT2D eigenvalue weighted by molar-refractivity contribution is -0.00513. The SMILES string of the molecule is NCCCCc1c(-c2cc3ccccc3s2)[nH]c2ccc(C34CC5CC(CC(C5)C3)C4)cc12. The van der Waals surface area contributed by atoms with Crippen molar-refractivity contribution in [3.63, 3.8) is 0 Å². The van der Waals surface area contributed by atoms with Gasteiger partial charge in [0.05, 0.1) is 10.6 Å². The molecule has 2 aromatic heterocycles. The van der Waals surface area contributed by atoms with Crippen molar-refractivity contribution in [2.75, 3.05) is 6.54 Å². The first kappa shape index (κ1) is 20.3. The second-order valence-corrected chi connectivity index (χ2v) is 12.4. The number of H-pyrrole nitrogens is 1. The molecule has 4 saturated carbocycles. The molecule has 170 valence electrons. The fourth-order valence-corrected chi connectivity index (χ4v) is 9.15. The first-order chi connectivity index (χ1) is 16.2. The average molecular weight is 455 g/mol. The van der Waals surface area contributed by atoms with Crippen LogP contribution in [0, 0.1) is 17.8 Å². The number of benzene rings is 2. The Morgan fingerprint density at radius 2 is 1.67 bits per heavy atom. The molecule has 2 heterocycles. The summed E-state index contributed by atoms with van der Waals surface area (Å²) in [5.41, 5.74) is 12.1. The second-order valence-electron chi connectivity index (χ2n) is 11.3. The van der Waals surface area contributed by atoms with Gasteiger partial charge in [0.2, 0.25) is 0 Å². The van der Waals surface area contributed by atoms with Crippen LogP contribution in [0.3, 0.4) is 0 Å². The largest absolute Gasteiger partial charge is 0.354 e. The predicted molar refractivity (Wildman–Crippen MR) is 141 cm³/mol. The lowest BCUT2D eigenvalue weighted by Gasteiger charge is -2.57. The van der Waals surface area contributed by atoms with Gasteiger partial charge in [0.15, 0.2) is 0 Å². The van der Waals surface area contributed by atoms with Crippen molar-refractivity contribution < 1.29 is 0 Å². The van der Waals surface area contributed by atoms with E-state index >= 15 is 0 Å². The number of hydrogen-bond donors (Lipinski definition) is 2. The minimum atomic E-state index is 0.451. The summed E-state index contributed by atoms with van der Waals surface area (Å²) >= 11 is 1.91. The third kappa shape index (κ3) is 3.31. The predicted octanol–water partition coefficient (Wildman–Crippen LogP) is 7.80. The minimum Gasteiger partial charge on any atom is -0.354 e. The van der Waals surface area contributed by atoms with Crippen molar-refractivity contribution in [2.24, 2.45) is 23.5 Å². The van der Waals surface area contributed by atoms with Gasteiger partial charge < -0.3 is 10.7 Å². The molecule has 0 unspecified atom stereocenters. The van der Waals surface area contributed by atoms with E-state index in [0.717, 1.165) is 43.6 Å². The fourth-order valence-electron chi connectivity index (χ4n) is 8.06. The lowest BCUT2D eigenvalue weighted by Crippen LogP contribution is -2.48. The molecule has 0 saturated heterocycles. The molecule has 33 heavy (non-hydrogen) atoms. The van der Waals surface area contributed by atoms with E-state index in [4.69, 9.17) is 5.73 Å². The molecule has 4 bridgehead atoms. The molecule has 3 N–H and O–H groups in total. The summed E-state index contributed by atoms with van der Waals surface area (Å²) in [5, 5.41) is 2.81. The van der Waals surface area contributed by atoms with Gasteiger partial charge >= 0.3 is 0 Å². The molecular formula is C30H34N2S. The Kier molecular flexibility index (Phi) is 4.74. The van der Waals surface area contributed by atoms with E-state index < -0.39 is 0 Å². The zero-order valence-corrected chi connectivity index (χ0v) is 20.2. The monoisotopic (exact) mass is 454 g/mol. The van der Waals surface area contributed by atoms with Gasteiger partial charge in [-0.15, -0.1) is 11.3 Å². The second kappa shape index (κ2) is 7.71. The van der Waals surface area contributed by atoms with E-state index in [1.165, 1.54) is 75.6 Å². The zero-order valence-electron chi connectivity index (χ0n) is 19.4. The van der Waals surface area contributed by atoms with Gasteiger partial charge in [-0.1, -0.05) is 24.3 Å². The highest BCUT2D eigenvalue weighted by Gasteiger charge is 2.51. The molecule has 0 atom stereocenters. The van der Waals surface area contributed by atoms with Crippen LogP contribution in [0.4, 0.5) is 0 Å². The molecular weight excluding hydrogens is 420 g/mol. The molecule has 8 rings (SSSR count). The van der Waals surface area contributed by atoms with Crippen LogP contribution in [0.25, 0.3) is 31.6 Å². The Balaban J connectivity index is 1.35. The Morgan fingerprint density at radius 1 is 0.909 bits per heavy atom. The van der Waals surface area contributed by atoms with Crippen LogP contribution in [-0.2, 0) is 11.8 Å². The van der Waals surface area contributed by atoms with Gasteiger partial charge in [-0.2, -0.15) is 0 Å². The summed E-state index contributed by atoms with van der Waals surface area (Å²) in [6.45, 7) is 0.777. The van der Waals surface area contributed by atoms with Crippen molar-refractivity contribution in [2.45, 2.75) is 63.2 Å². The van der Waals surface area contributed by atoms with Crippen molar-refractivity contribution >= 4 is 32.3 Å². The van der Waals surface area contributed by atoms with Crippen LogP contribution >= 0.6 is 11.3 Å². The normalized spacial score (nSPS) is 28.3. The molecule has 2 nitrogen and oxygen atoms in total. The smallest absolute Gasteiger partial charge is 0.0599 e. The standard InChI is InChI=1S/C30H34N2S/c31-10-4-3-6-24-25-15-23(30-16-19-11-20(17-30)13-21(12-19)18-30)8-9-26(25)32-29(24)28-14-22-5-1-2-7-27(22)33-28/h1-2,5,7-9,14-15,19-21,32H,3-4,6,10-13,16-18,31H2. The summed E-state index contributed by atoms with van der Waals surface area (Å²) in [7, 11) is 0. The van der Waals surface area contributed by atoms with Crippen LogP contribution < -0.4 is 5.73 Å².